The first-order valence-corrected chi connectivity index (χ1v) is 22.9. The highest BCUT2D eigenvalue weighted by Crippen LogP contribution is 2.43. The molecule has 0 aliphatic carbocycles. The molecule has 0 radical (unpaired) electrons. The molecule has 0 bridgehead atoms. The summed E-state index contributed by atoms with van der Waals surface area (Å²) in [7, 11) is -3.89. The molecule has 6 heteroatoms. The van der Waals surface area contributed by atoms with E-state index in [9.17, 15) is 9.46 Å². The Hall–Kier alpha value is 0.0700. The fourth-order valence-corrected chi connectivity index (χ4v) is 7.38. The van der Waals surface area contributed by atoms with Crippen molar-refractivity contribution >= 4 is 7.82 Å². The van der Waals surface area contributed by atoms with Crippen LogP contribution in [0, 0.1) is 0 Å². The molecule has 0 fully saturated rings. The average molecular weight is 688 g/mol. The van der Waals surface area contributed by atoms with Crippen molar-refractivity contribution < 1.29 is 18.5 Å². The minimum atomic E-state index is -3.89. The Morgan fingerprint density at radius 1 is 0.362 bits per heavy atom. The van der Waals surface area contributed by atoms with E-state index < -0.39 is 7.82 Å². The zero-order valence-electron chi connectivity index (χ0n) is 32.4. The van der Waals surface area contributed by atoms with E-state index >= 15 is 0 Å². The second-order valence-corrected chi connectivity index (χ2v) is 16.0. The number of rotatable bonds is 41. The fourth-order valence-electron chi connectivity index (χ4n) is 6.58. The van der Waals surface area contributed by atoms with E-state index in [1.165, 1.54) is 206 Å². The molecule has 1 N–H and O–H groups in total. The number of unbranched alkanes of at least 4 members (excludes halogenated alkanes) is 29. The lowest BCUT2D eigenvalue weighted by molar-refractivity contribution is 0.145. The van der Waals surface area contributed by atoms with Crippen LogP contribution in [0.2, 0.25) is 0 Å². The third-order valence-corrected chi connectivity index (χ3v) is 10.8. The quantitative estimate of drug-likeness (QED) is 0.0512. The first-order chi connectivity index (χ1) is 23.1. The normalized spacial score (nSPS) is 13.1. The first-order valence-electron chi connectivity index (χ1n) is 21.4. The zero-order valence-corrected chi connectivity index (χ0v) is 33.3. The molecular formula is C41H86NO4P. The summed E-state index contributed by atoms with van der Waals surface area (Å²) in [6, 6.07) is 0. The molecule has 0 aromatic heterocycles. The van der Waals surface area contributed by atoms with E-state index in [1.807, 2.05) is 0 Å². The van der Waals surface area contributed by atoms with Crippen LogP contribution in [0.5, 0.6) is 0 Å². The van der Waals surface area contributed by atoms with Gasteiger partial charge in [0.25, 0.3) is 0 Å². The lowest BCUT2D eigenvalue weighted by Gasteiger charge is -2.22. The van der Waals surface area contributed by atoms with Gasteiger partial charge in [0.1, 0.15) is 0 Å². The van der Waals surface area contributed by atoms with E-state index in [4.69, 9.17) is 9.05 Å². The Bertz CT molecular complexity index is 613. The number of phosphoric ester groups is 1. The molecule has 0 amide bonds. The van der Waals surface area contributed by atoms with Crippen LogP contribution in [-0.4, -0.2) is 42.6 Å². The van der Waals surface area contributed by atoms with Crippen molar-refractivity contribution in [1.29, 1.82) is 0 Å². The molecule has 0 saturated heterocycles. The van der Waals surface area contributed by atoms with Crippen LogP contribution in [0.4, 0.5) is 0 Å². The first kappa shape index (κ1) is 47.1. The lowest BCUT2D eigenvalue weighted by Crippen LogP contribution is -2.27. The van der Waals surface area contributed by atoms with Crippen molar-refractivity contribution in [2.24, 2.45) is 0 Å². The molecule has 0 heterocycles. The van der Waals surface area contributed by atoms with Crippen LogP contribution in [-0.2, 0) is 13.6 Å². The third kappa shape index (κ3) is 38.7. The van der Waals surface area contributed by atoms with Crippen LogP contribution in [0.25, 0.3) is 0 Å². The van der Waals surface area contributed by atoms with Gasteiger partial charge in [0.05, 0.1) is 13.2 Å². The van der Waals surface area contributed by atoms with Crippen LogP contribution in [0.3, 0.4) is 0 Å². The van der Waals surface area contributed by atoms with E-state index in [0.29, 0.717) is 13.2 Å². The van der Waals surface area contributed by atoms with Gasteiger partial charge in [-0.3, -0.25) is 9.05 Å². The highest BCUT2D eigenvalue weighted by molar-refractivity contribution is 7.47. The van der Waals surface area contributed by atoms with Gasteiger partial charge < -0.3 is 9.79 Å². The largest absolute Gasteiger partial charge is 0.472 e. The molecule has 0 aliphatic rings. The van der Waals surface area contributed by atoms with Gasteiger partial charge in [-0.15, -0.1) is 0 Å². The maximum absolute atomic E-state index is 12.1. The highest BCUT2D eigenvalue weighted by Gasteiger charge is 2.20. The van der Waals surface area contributed by atoms with E-state index in [2.05, 4.69) is 25.7 Å². The molecule has 1 unspecified atom stereocenters. The summed E-state index contributed by atoms with van der Waals surface area (Å²) in [6.07, 6.45) is 43.1. The van der Waals surface area contributed by atoms with Crippen molar-refractivity contribution in [1.82, 2.24) is 4.90 Å². The summed E-state index contributed by atoms with van der Waals surface area (Å²) in [5.74, 6) is 0. The standard InChI is InChI=1S/C41H86NO4P/c1-4-7-10-13-16-19-22-27-32-37-42(38-33-28-23-20-17-14-11-8-5-2)39-34-29-24-26-31-36-41-46-47(43,44)45-40-35-30-25-21-18-15-12-9-6-3/h4-41H2,1-3H3,(H,43,44). The number of hydrogen-bond donors (Lipinski definition) is 1. The van der Waals surface area contributed by atoms with Gasteiger partial charge in [-0.05, 0) is 51.7 Å². The monoisotopic (exact) mass is 688 g/mol. The fraction of sp³-hybridized carbons (Fsp3) is 1.00. The maximum atomic E-state index is 12.1. The summed E-state index contributed by atoms with van der Waals surface area (Å²) < 4.78 is 22.6. The molecule has 1 atom stereocenters. The minimum Gasteiger partial charge on any atom is -0.303 e. The van der Waals surface area contributed by atoms with Gasteiger partial charge in [-0.1, -0.05) is 201 Å². The summed E-state index contributed by atoms with van der Waals surface area (Å²) >= 11 is 0. The summed E-state index contributed by atoms with van der Waals surface area (Å²) in [4.78, 5) is 12.7. The van der Waals surface area contributed by atoms with Crippen LogP contribution in [0.15, 0.2) is 0 Å². The van der Waals surface area contributed by atoms with Gasteiger partial charge in [0, 0.05) is 0 Å². The Labute approximate surface area is 296 Å². The minimum absolute atomic E-state index is 0.316. The number of phosphoric acid groups is 1. The summed E-state index contributed by atoms with van der Waals surface area (Å²) in [5, 5.41) is 0. The molecule has 0 spiro atoms. The zero-order chi connectivity index (χ0) is 34.4. The van der Waals surface area contributed by atoms with Crippen LogP contribution >= 0.6 is 7.82 Å². The van der Waals surface area contributed by atoms with Gasteiger partial charge in [0.15, 0.2) is 0 Å². The predicted octanol–water partition coefficient (Wildman–Crippen LogP) is 14.4. The van der Waals surface area contributed by atoms with Crippen LogP contribution < -0.4 is 0 Å². The second kappa shape index (κ2) is 38.9. The highest BCUT2D eigenvalue weighted by atomic mass is 31.2. The predicted molar refractivity (Wildman–Crippen MR) is 208 cm³/mol. The molecule has 0 rings (SSSR count). The summed E-state index contributed by atoms with van der Waals surface area (Å²) in [5.41, 5.74) is 0. The van der Waals surface area contributed by atoms with Crippen molar-refractivity contribution in [2.75, 3.05) is 32.8 Å². The SMILES string of the molecule is CCCCCCCCCCCOP(=O)(O)OCCCCCCCCN(CCCCCCCCCCC)CCCCCCCCCCC. The molecular weight excluding hydrogens is 601 g/mol. The van der Waals surface area contributed by atoms with Crippen molar-refractivity contribution in [3.63, 3.8) is 0 Å². The van der Waals surface area contributed by atoms with Crippen LogP contribution in [0.1, 0.15) is 233 Å². The van der Waals surface area contributed by atoms with E-state index in [1.54, 1.807) is 0 Å². The Balaban J connectivity index is 3.93. The molecule has 47 heavy (non-hydrogen) atoms. The molecule has 0 aromatic carbocycles. The van der Waals surface area contributed by atoms with Crippen molar-refractivity contribution in [3.05, 3.63) is 0 Å². The average Bonchev–Trinajstić information content (AvgIpc) is 3.06. The Morgan fingerprint density at radius 3 is 0.830 bits per heavy atom. The van der Waals surface area contributed by atoms with Gasteiger partial charge >= 0.3 is 7.82 Å². The second-order valence-electron chi connectivity index (χ2n) is 14.6. The van der Waals surface area contributed by atoms with E-state index in [-0.39, 0.29) is 0 Å². The third-order valence-electron chi connectivity index (χ3n) is 9.78. The molecule has 284 valence electrons. The van der Waals surface area contributed by atoms with Crippen molar-refractivity contribution in [3.8, 4) is 0 Å². The number of nitrogens with zero attached hydrogens (tertiary/aromatic N) is 1. The molecule has 5 nitrogen and oxygen atoms in total. The summed E-state index contributed by atoms with van der Waals surface area (Å²) in [6.45, 7) is 11.3. The van der Waals surface area contributed by atoms with Gasteiger partial charge in [0.2, 0.25) is 0 Å². The van der Waals surface area contributed by atoms with Gasteiger partial charge in [-0.2, -0.15) is 0 Å². The number of hydrogen-bond acceptors (Lipinski definition) is 4. The van der Waals surface area contributed by atoms with Crippen molar-refractivity contribution in [2.45, 2.75) is 233 Å². The topological polar surface area (TPSA) is 59.0 Å². The Kier molecular flexibility index (Phi) is 38.9. The lowest BCUT2D eigenvalue weighted by atomic mass is 10.1. The maximum Gasteiger partial charge on any atom is 0.472 e. The molecule has 0 aliphatic heterocycles. The molecule has 0 saturated carbocycles. The smallest absolute Gasteiger partial charge is 0.303 e. The van der Waals surface area contributed by atoms with E-state index in [0.717, 1.165) is 25.7 Å². The Morgan fingerprint density at radius 2 is 0.574 bits per heavy atom. The molecule has 0 aromatic rings. The van der Waals surface area contributed by atoms with Gasteiger partial charge in [-0.25, -0.2) is 4.57 Å².